The summed E-state index contributed by atoms with van der Waals surface area (Å²) in [4.78, 5) is 23.1. The zero-order chi connectivity index (χ0) is 17.0. The average Bonchev–Trinajstić information content (AvgIpc) is 2.55. The number of carbonyl (C=O) groups excluding carboxylic acids is 2. The summed E-state index contributed by atoms with van der Waals surface area (Å²) in [6.07, 6.45) is -0.154. The van der Waals surface area contributed by atoms with Crippen LogP contribution < -0.4 is 5.54 Å². The third-order valence-corrected chi connectivity index (χ3v) is 3.52. The Kier molecular flexibility index (Phi) is 5.05. The number of halogens is 2. The van der Waals surface area contributed by atoms with E-state index in [9.17, 15) is 18.5 Å². The number of ether oxygens (including phenoxy) is 1. The van der Waals surface area contributed by atoms with Gasteiger partial charge in [0.1, 0.15) is 11.4 Å². The van der Waals surface area contributed by atoms with Gasteiger partial charge in [-0.05, 0) is 35.2 Å². The fraction of sp³-hybridized carbons (Fsp3) is 0.176. The zero-order valence-electron chi connectivity index (χ0n) is 12.7. The van der Waals surface area contributed by atoms with Gasteiger partial charge in [0.2, 0.25) is 0 Å². The van der Waals surface area contributed by atoms with Crippen molar-refractivity contribution in [3.8, 4) is 11.1 Å². The molecule has 23 heavy (non-hydrogen) atoms. The minimum atomic E-state index is -0.790. The molecule has 0 aliphatic rings. The zero-order valence-corrected chi connectivity index (χ0v) is 12.7. The summed E-state index contributed by atoms with van der Waals surface area (Å²) in [5.41, 5.74) is 3.15. The first-order valence-corrected chi connectivity index (χ1v) is 6.84. The number of carbonyl (C=O) groups is 2. The van der Waals surface area contributed by atoms with E-state index in [1.807, 2.05) is 0 Å². The van der Waals surface area contributed by atoms with Gasteiger partial charge < -0.3 is 4.74 Å². The molecule has 2 aromatic carbocycles. The molecule has 2 aromatic rings. The SMILES string of the molecule is COC(=O)c1c(F)cccc1-c1ccc(C)c(CC(=O)NF)c1. The number of methoxy groups -OCH3 is 1. The molecule has 0 aliphatic heterocycles. The van der Waals surface area contributed by atoms with Crippen molar-refractivity contribution in [2.24, 2.45) is 0 Å². The van der Waals surface area contributed by atoms with E-state index in [1.165, 1.54) is 19.2 Å². The maximum atomic E-state index is 14.0. The number of nitrogens with one attached hydrogen (secondary N) is 1. The van der Waals surface area contributed by atoms with Crippen LogP contribution in [-0.4, -0.2) is 19.0 Å². The predicted octanol–water partition coefficient (Wildman–Crippen LogP) is 3.13. The molecule has 0 fully saturated rings. The Morgan fingerprint density at radius 1 is 1.22 bits per heavy atom. The van der Waals surface area contributed by atoms with Crippen molar-refractivity contribution in [1.29, 1.82) is 0 Å². The average molecular weight is 319 g/mol. The normalized spacial score (nSPS) is 10.3. The molecule has 0 saturated heterocycles. The maximum Gasteiger partial charge on any atom is 0.341 e. The number of amides is 1. The first-order chi connectivity index (χ1) is 11.0. The molecule has 0 aromatic heterocycles. The summed E-state index contributed by atoms with van der Waals surface area (Å²) in [7, 11) is 1.17. The van der Waals surface area contributed by atoms with Crippen LogP contribution in [0.2, 0.25) is 0 Å². The maximum absolute atomic E-state index is 14.0. The van der Waals surface area contributed by atoms with Crippen LogP contribution >= 0.6 is 0 Å². The Balaban J connectivity index is 2.55. The number of aryl methyl sites for hydroxylation is 1. The molecule has 6 heteroatoms. The second kappa shape index (κ2) is 7.00. The highest BCUT2D eigenvalue weighted by Gasteiger charge is 2.19. The van der Waals surface area contributed by atoms with Crippen LogP contribution in [0.15, 0.2) is 36.4 Å². The fourth-order valence-electron chi connectivity index (χ4n) is 2.31. The largest absolute Gasteiger partial charge is 0.465 e. The summed E-state index contributed by atoms with van der Waals surface area (Å²) < 4.78 is 30.8. The summed E-state index contributed by atoms with van der Waals surface area (Å²) >= 11 is 0. The first kappa shape index (κ1) is 16.6. The van der Waals surface area contributed by atoms with Crippen LogP contribution in [0.3, 0.4) is 0 Å². The van der Waals surface area contributed by atoms with Gasteiger partial charge in [-0.3, -0.25) is 4.79 Å². The number of rotatable bonds is 4. The Hall–Kier alpha value is -2.76. The molecular formula is C17H15F2NO3. The molecule has 0 unspecified atom stereocenters. The van der Waals surface area contributed by atoms with Crippen LogP contribution in [-0.2, 0) is 16.0 Å². The van der Waals surface area contributed by atoms with E-state index in [2.05, 4.69) is 4.74 Å². The van der Waals surface area contributed by atoms with Crippen LogP contribution in [0.25, 0.3) is 11.1 Å². The molecule has 0 bridgehead atoms. The lowest BCUT2D eigenvalue weighted by molar-refractivity contribution is -0.124. The molecule has 0 radical (unpaired) electrons. The van der Waals surface area contributed by atoms with Gasteiger partial charge in [-0.2, -0.15) is 5.54 Å². The molecule has 4 nitrogen and oxygen atoms in total. The molecular weight excluding hydrogens is 304 g/mol. The van der Waals surface area contributed by atoms with Gasteiger partial charge in [0.05, 0.1) is 13.5 Å². The van der Waals surface area contributed by atoms with E-state index in [0.29, 0.717) is 16.7 Å². The van der Waals surface area contributed by atoms with E-state index < -0.39 is 17.7 Å². The van der Waals surface area contributed by atoms with Crippen molar-refractivity contribution in [2.75, 3.05) is 7.11 Å². The van der Waals surface area contributed by atoms with Crippen LogP contribution in [0.4, 0.5) is 8.87 Å². The lowest BCUT2D eigenvalue weighted by Crippen LogP contribution is -2.16. The van der Waals surface area contributed by atoms with Crippen LogP contribution in [0.5, 0.6) is 0 Å². The molecule has 0 saturated carbocycles. The minimum Gasteiger partial charge on any atom is -0.465 e. The van der Waals surface area contributed by atoms with Gasteiger partial charge >= 0.3 is 5.97 Å². The second-order valence-electron chi connectivity index (χ2n) is 4.99. The number of hydrogen-bond donors (Lipinski definition) is 1. The Morgan fingerprint density at radius 3 is 2.61 bits per heavy atom. The third kappa shape index (κ3) is 3.53. The van der Waals surface area contributed by atoms with Crippen molar-refractivity contribution < 1.29 is 23.2 Å². The molecule has 1 amide bonds. The first-order valence-electron chi connectivity index (χ1n) is 6.84. The molecule has 0 spiro atoms. The summed E-state index contributed by atoms with van der Waals surface area (Å²) in [6, 6.07) is 9.28. The van der Waals surface area contributed by atoms with Gasteiger partial charge in [-0.25, -0.2) is 9.18 Å². The number of esters is 1. The van der Waals surface area contributed by atoms with Gasteiger partial charge in [-0.15, -0.1) is 4.48 Å². The van der Waals surface area contributed by atoms with Gasteiger partial charge in [0, 0.05) is 0 Å². The minimum absolute atomic E-state index is 0.154. The summed E-state index contributed by atoms with van der Waals surface area (Å²) in [6.45, 7) is 1.78. The molecule has 2 rings (SSSR count). The van der Waals surface area contributed by atoms with Crippen molar-refractivity contribution >= 4 is 11.9 Å². The van der Waals surface area contributed by atoms with Crippen molar-refractivity contribution in [2.45, 2.75) is 13.3 Å². The van der Waals surface area contributed by atoms with E-state index in [-0.39, 0.29) is 12.0 Å². The Bertz CT molecular complexity index is 759. The van der Waals surface area contributed by atoms with Crippen LogP contribution in [0.1, 0.15) is 21.5 Å². The standard InChI is InChI=1S/C17H15F2NO3/c1-10-6-7-11(8-12(10)9-15(21)20-19)13-4-3-5-14(18)16(13)17(22)23-2/h3-8H,9H2,1-2H3,(H,20,21). The highest BCUT2D eigenvalue weighted by Crippen LogP contribution is 2.28. The van der Waals surface area contributed by atoms with E-state index in [1.54, 1.807) is 31.2 Å². The second-order valence-corrected chi connectivity index (χ2v) is 4.99. The smallest absolute Gasteiger partial charge is 0.341 e. The van der Waals surface area contributed by atoms with E-state index in [0.717, 1.165) is 11.1 Å². The summed E-state index contributed by atoms with van der Waals surface area (Å²) in [5.74, 6) is -2.27. The summed E-state index contributed by atoms with van der Waals surface area (Å²) in [5, 5.41) is 0. The highest BCUT2D eigenvalue weighted by atomic mass is 19.2. The third-order valence-electron chi connectivity index (χ3n) is 3.52. The lowest BCUT2D eigenvalue weighted by atomic mass is 9.94. The molecule has 0 aliphatic carbocycles. The van der Waals surface area contributed by atoms with Gasteiger partial charge in [0.25, 0.3) is 5.91 Å². The molecule has 1 N–H and O–H groups in total. The molecule has 0 heterocycles. The molecule has 0 atom stereocenters. The Labute approximate surface area is 132 Å². The fourth-order valence-corrected chi connectivity index (χ4v) is 2.31. The Morgan fingerprint density at radius 2 is 1.96 bits per heavy atom. The van der Waals surface area contributed by atoms with E-state index in [4.69, 9.17) is 0 Å². The van der Waals surface area contributed by atoms with Gasteiger partial charge in [-0.1, -0.05) is 30.3 Å². The lowest BCUT2D eigenvalue weighted by Gasteiger charge is -2.12. The number of benzene rings is 2. The number of hydrogen-bond acceptors (Lipinski definition) is 3. The monoisotopic (exact) mass is 319 g/mol. The van der Waals surface area contributed by atoms with Gasteiger partial charge in [0.15, 0.2) is 0 Å². The van der Waals surface area contributed by atoms with Crippen molar-refractivity contribution in [3.63, 3.8) is 0 Å². The van der Waals surface area contributed by atoms with E-state index >= 15 is 0 Å². The quantitative estimate of drug-likeness (QED) is 0.696. The predicted molar refractivity (Wildman–Crippen MR) is 80.9 cm³/mol. The van der Waals surface area contributed by atoms with Crippen molar-refractivity contribution in [1.82, 2.24) is 5.54 Å². The molecule has 120 valence electrons. The topological polar surface area (TPSA) is 55.4 Å². The van der Waals surface area contributed by atoms with Crippen LogP contribution in [0, 0.1) is 12.7 Å². The highest BCUT2D eigenvalue weighted by molar-refractivity contribution is 5.97. The van der Waals surface area contributed by atoms with Crippen molar-refractivity contribution in [3.05, 3.63) is 58.9 Å².